The van der Waals surface area contributed by atoms with Crippen molar-refractivity contribution >= 4 is 5.97 Å². The van der Waals surface area contributed by atoms with E-state index in [0.29, 0.717) is 11.3 Å². The Labute approximate surface area is 111 Å². The van der Waals surface area contributed by atoms with Crippen LogP contribution in [0.5, 0.6) is 5.75 Å². The number of hydrogen-bond donors (Lipinski definition) is 3. The largest absolute Gasteiger partial charge is 0.491 e. The van der Waals surface area contributed by atoms with Crippen LogP contribution in [-0.4, -0.2) is 34.5 Å². The van der Waals surface area contributed by atoms with E-state index in [1.807, 2.05) is 0 Å². The molecule has 1 aromatic rings. The molecule has 104 valence electrons. The smallest absolute Gasteiger partial charge is 0.327 e. The molecule has 0 bridgehead atoms. The summed E-state index contributed by atoms with van der Waals surface area (Å²) in [6, 6.07) is 6.93. The molecule has 1 aromatic carbocycles. The van der Waals surface area contributed by atoms with Crippen LogP contribution in [0.15, 0.2) is 36.4 Å². The quantitative estimate of drug-likeness (QED) is 0.649. The summed E-state index contributed by atoms with van der Waals surface area (Å²) >= 11 is 0. The van der Waals surface area contributed by atoms with Gasteiger partial charge < -0.3 is 20.1 Å². The number of benzene rings is 1. The van der Waals surface area contributed by atoms with Crippen molar-refractivity contribution in [3.63, 3.8) is 0 Å². The summed E-state index contributed by atoms with van der Waals surface area (Å²) in [5, 5.41) is 27.5. The second-order valence-electron chi connectivity index (χ2n) is 4.11. The van der Waals surface area contributed by atoms with Crippen LogP contribution in [0, 0.1) is 5.92 Å². The first kappa shape index (κ1) is 15.2. The van der Waals surface area contributed by atoms with Gasteiger partial charge >= 0.3 is 5.97 Å². The molecule has 0 aromatic heterocycles. The molecule has 0 fully saturated rings. The van der Waals surface area contributed by atoms with Gasteiger partial charge in [-0.05, 0) is 6.07 Å². The topological polar surface area (TPSA) is 87.0 Å². The molecule has 0 unspecified atom stereocenters. The molecule has 0 saturated carbocycles. The van der Waals surface area contributed by atoms with Crippen LogP contribution in [0.2, 0.25) is 0 Å². The molecule has 5 heteroatoms. The summed E-state index contributed by atoms with van der Waals surface area (Å²) < 4.78 is 5.33. The lowest BCUT2D eigenvalue weighted by atomic mass is 9.96. The van der Waals surface area contributed by atoms with E-state index in [1.54, 1.807) is 31.2 Å². The fourth-order valence-corrected chi connectivity index (χ4v) is 1.63. The minimum Gasteiger partial charge on any atom is -0.491 e. The molecular weight excluding hydrogens is 248 g/mol. The van der Waals surface area contributed by atoms with Crippen LogP contribution in [-0.2, 0) is 4.79 Å². The van der Waals surface area contributed by atoms with E-state index >= 15 is 0 Å². The molecular formula is C14H18O5. The molecule has 0 aliphatic carbocycles. The van der Waals surface area contributed by atoms with Crippen molar-refractivity contribution in [1.82, 2.24) is 0 Å². The van der Waals surface area contributed by atoms with Crippen LogP contribution >= 0.6 is 0 Å². The number of aliphatic hydroxyl groups excluding tert-OH is 2. The zero-order valence-corrected chi connectivity index (χ0v) is 10.7. The molecule has 0 spiro atoms. The number of carbonyl (C=O) groups is 1. The number of ether oxygens (including phenoxy) is 1. The Morgan fingerprint density at radius 2 is 2.11 bits per heavy atom. The lowest BCUT2D eigenvalue weighted by Crippen LogP contribution is -2.11. The van der Waals surface area contributed by atoms with Crippen LogP contribution < -0.4 is 4.74 Å². The van der Waals surface area contributed by atoms with E-state index in [2.05, 4.69) is 0 Å². The lowest BCUT2D eigenvalue weighted by molar-refractivity contribution is -0.131. The average Bonchev–Trinajstić information content (AvgIpc) is 2.42. The summed E-state index contributed by atoms with van der Waals surface area (Å²) in [6.45, 7) is 1.74. The molecule has 0 radical (unpaired) electrons. The standard InChI is InChI=1S/C14H18O5/c1-10(6-7-13(16)17)14(18)11-4-2-3-5-12(11)19-9-8-15/h2-7,10,14-15,18H,8-9H2,1H3,(H,16,17)/b7-6+/t10-,14+/m0/s1. The lowest BCUT2D eigenvalue weighted by Gasteiger charge is -2.19. The number of para-hydroxylation sites is 1. The Balaban J connectivity index is 2.85. The highest BCUT2D eigenvalue weighted by Crippen LogP contribution is 2.30. The predicted octanol–water partition coefficient (Wildman–Crippen LogP) is 1.37. The molecule has 1 rings (SSSR count). The number of carboxylic acids is 1. The molecule has 0 amide bonds. The predicted molar refractivity (Wildman–Crippen MR) is 69.9 cm³/mol. The summed E-state index contributed by atoms with van der Waals surface area (Å²) in [4.78, 5) is 10.5. The Morgan fingerprint density at radius 3 is 2.74 bits per heavy atom. The SMILES string of the molecule is C[C@@H](/C=C/C(=O)O)[C@@H](O)c1ccccc1OCCO. The van der Waals surface area contributed by atoms with E-state index < -0.39 is 12.1 Å². The molecule has 19 heavy (non-hydrogen) atoms. The van der Waals surface area contributed by atoms with Crippen molar-refractivity contribution in [2.75, 3.05) is 13.2 Å². The molecule has 5 nitrogen and oxygen atoms in total. The van der Waals surface area contributed by atoms with Crippen LogP contribution in [0.4, 0.5) is 0 Å². The first-order chi connectivity index (χ1) is 9.06. The van der Waals surface area contributed by atoms with Crippen LogP contribution in [0.1, 0.15) is 18.6 Å². The van der Waals surface area contributed by atoms with E-state index in [-0.39, 0.29) is 19.1 Å². The first-order valence-corrected chi connectivity index (χ1v) is 5.98. The van der Waals surface area contributed by atoms with Crippen molar-refractivity contribution in [3.05, 3.63) is 42.0 Å². The number of hydrogen-bond acceptors (Lipinski definition) is 4. The monoisotopic (exact) mass is 266 g/mol. The Bertz CT molecular complexity index is 441. The molecule has 0 aliphatic heterocycles. The molecule has 0 saturated heterocycles. The van der Waals surface area contributed by atoms with Gasteiger partial charge in [0.05, 0.1) is 12.7 Å². The maximum atomic E-state index is 10.5. The molecule has 3 N–H and O–H groups in total. The second kappa shape index (κ2) is 7.56. The van der Waals surface area contributed by atoms with E-state index in [0.717, 1.165) is 6.08 Å². The number of aliphatic carboxylic acids is 1. The van der Waals surface area contributed by atoms with E-state index in [1.165, 1.54) is 6.08 Å². The Kier molecular flexibility index (Phi) is 6.05. The third-order valence-corrected chi connectivity index (χ3v) is 2.63. The van der Waals surface area contributed by atoms with Gasteiger partial charge in [0, 0.05) is 17.6 Å². The molecule has 0 aliphatic rings. The van der Waals surface area contributed by atoms with Gasteiger partial charge in [0.2, 0.25) is 0 Å². The van der Waals surface area contributed by atoms with Crippen molar-refractivity contribution in [3.8, 4) is 5.75 Å². The highest BCUT2D eigenvalue weighted by molar-refractivity contribution is 5.79. The maximum absolute atomic E-state index is 10.5. The van der Waals surface area contributed by atoms with E-state index in [9.17, 15) is 9.90 Å². The number of aliphatic hydroxyl groups is 2. The minimum absolute atomic E-state index is 0.112. The van der Waals surface area contributed by atoms with Crippen molar-refractivity contribution in [2.45, 2.75) is 13.0 Å². The van der Waals surface area contributed by atoms with Gasteiger partial charge in [-0.1, -0.05) is 31.2 Å². The fourth-order valence-electron chi connectivity index (χ4n) is 1.63. The second-order valence-corrected chi connectivity index (χ2v) is 4.11. The zero-order valence-electron chi connectivity index (χ0n) is 10.7. The van der Waals surface area contributed by atoms with Crippen molar-refractivity contribution in [1.29, 1.82) is 0 Å². The highest BCUT2D eigenvalue weighted by atomic mass is 16.5. The average molecular weight is 266 g/mol. The first-order valence-electron chi connectivity index (χ1n) is 5.98. The maximum Gasteiger partial charge on any atom is 0.327 e. The fraction of sp³-hybridized carbons (Fsp3) is 0.357. The zero-order chi connectivity index (χ0) is 14.3. The number of rotatable bonds is 7. The summed E-state index contributed by atoms with van der Waals surface area (Å²) in [5.41, 5.74) is 0.568. The van der Waals surface area contributed by atoms with Crippen molar-refractivity contribution < 1.29 is 24.9 Å². The van der Waals surface area contributed by atoms with Gasteiger partial charge in [0.25, 0.3) is 0 Å². The summed E-state index contributed by atoms with van der Waals surface area (Å²) in [6.07, 6.45) is 1.56. The molecule has 0 heterocycles. The van der Waals surface area contributed by atoms with Crippen LogP contribution in [0.3, 0.4) is 0 Å². The Morgan fingerprint density at radius 1 is 1.42 bits per heavy atom. The van der Waals surface area contributed by atoms with Gasteiger partial charge in [-0.2, -0.15) is 0 Å². The van der Waals surface area contributed by atoms with Gasteiger partial charge in [-0.25, -0.2) is 4.79 Å². The summed E-state index contributed by atoms with van der Waals surface area (Å²) in [7, 11) is 0. The number of carboxylic acid groups (broad SMARTS) is 1. The van der Waals surface area contributed by atoms with Gasteiger partial charge in [-0.3, -0.25) is 0 Å². The summed E-state index contributed by atoms with van der Waals surface area (Å²) in [5.74, 6) is -0.932. The van der Waals surface area contributed by atoms with E-state index in [4.69, 9.17) is 14.9 Å². The van der Waals surface area contributed by atoms with Gasteiger partial charge in [0.15, 0.2) is 0 Å². The minimum atomic E-state index is -1.05. The van der Waals surface area contributed by atoms with Crippen LogP contribution in [0.25, 0.3) is 0 Å². The highest BCUT2D eigenvalue weighted by Gasteiger charge is 2.18. The van der Waals surface area contributed by atoms with Crippen molar-refractivity contribution in [2.24, 2.45) is 5.92 Å². The Hall–Kier alpha value is -1.85. The van der Waals surface area contributed by atoms with Gasteiger partial charge in [-0.15, -0.1) is 0 Å². The third-order valence-electron chi connectivity index (χ3n) is 2.63. The van der Waals surface area contributed by atoms with Gasteiger partial charge in [0.1, 0.15) is 12.4 Å². The third kappa shape index (κ3) is 4.73. The molecule has 2 atom stereocenters. The normalized spacial score (nSPS) is 14.3.